The molecule has 2 heterocycles. The number of likely N-dealkylation sites (N-methyl/N-ethyl adjacent to an activating group) is 1. The van der Waals surface area contributed by atoms with Gasteiger partial charge in [0.1, 0.15) is 0 Å². The molecule has 0 bridgehead atoms. The number of pyridine rings is 1. The van der Waals surface area contributed by atoms with E-state index in [1.165, 1.54) is 5.56 Å². The summed E-state index contributed by atoms with van der Waals surface area (Å²) in [6.07, 6.45) is 4.48. The van der Waals surface area contributed by atoms with Gasteiger partial charge in [-0.2, -0.15) is 0 Å². The summed E-state index contributed by atoms with van der Waals surface area (Å²) in [6, 6.07) is 16.6. The van der Waals surface area contributed by atoms with Gasteiger partial charge in [0.25, 0.3) is 5.56 Å². The average Bonchev–Trinajstić information content (AvgIpc) is 3.04. The smallest absolute Gasteiger partial charge is 0.276 e. The molecule has 1 atom stereocenters. The van der Waals surface area contributed by atoms with Crippen molar-refractivity contribution in [1.29, 1.82) is 0 Å². The molecule has 5 heteroatoms. The Morgan fingerprint density at radius 3 is 2.73 bits per heavy atom. The van der Waals surface area contributed by atoms with E-state index in [0.717, 1.165) is 43.6 Å². The normalized spacial score (nSPS) is 16.6. The van der Waals surface area contributed by atoms with Crippen molar-refractivity contribution in [2.45, 2.75) is 38.8 Å². The number of nitrogens with one attached hydrogen (secondary N) is 1. The zero-order chi connectivity index (χ0) is 17.9. The maximum atomic E-state index is 12.9. The van der Waals surface area contributed by atoms with Gasteiger partial charge in [0, 0.05) is 30.0 Å². The van der Waals surface area contributed by atoms with Gasteiger partial charge in [-0.15, -0.1) is 0 Å². The molecule has 5 nitrogen and oxygen atoms in total. The summed E-state index contributed by atoms with van der Waals surface area (Å²) in [4.78, 5) is 19.7. The van der Waals surface area contributed by atoms with E-state index >= 15 is 0 Å². The van der Waals surface area contributed by atoms with Crippen molar-refractivity contribution < 1.29 is 0 Å². The number of hydrogen-bond donors (Lipinski definition) is 1. The number of benzene rings is 1. The van der Waals surface area contributed by atoms with Gasteiger partial charge in [-0.3, -0.25) is 14.8 Å². The first-order valence-corrected chi connectivity index (χ1v) is 9.28. The van der Waals surface area contributed by atoms with Crippen molar-refractivity contribution in [3.05, 3.63) is 81.9 Å². The summed E-state index contributed by atoms with van der Waals surface area (Å²) < 4.78 is 1.58. The maximum Gasteiger partial charge on any atom is 0.276 e. The van der Waals surface area contributed by atoms with Crippen LogP contribution in [0.3, 0.4) is 0 Å². The Morgan fingerprint density at radius 1 is 1.19 bits per heavy atom. The zero-order valence-electron chi connectivity index (χ0n) is 15.1. The summed E-state index contributed by atoms with van der Waals surface area (Å²) in [5.74, 6) is 0.653. The Morgan fingerprint density at radius 2 is 2.00 bits per heavy atom. The fourth-order valence-corrected chi connectivity index (χ4v) is 3.86. The number of nitrogens with zero attached hydrogens (tertiary/aromatic N) is 3. The third kappa shape index (κ3) is 3.22. The van der Waals surface area contributed by atoms with Crippen LogP contribution in [0.1, 0.15) is 30.2 Å². The minimum absolute atomic E-state index is 0.0409. The van der Waals surface area contributed by atoms with Crippen LogP contribution in [0.15, 0.2) is 59.5 Å². The van der Waals surface area contributed by atoms with E-state index in [-0.39, 0.29) is 5.56 Å². The number of rotatable bonds is 5. The van der Waals surface area contributed by atoms with Crippen LogP contribution < -0.4 is 5.56 Å². The fraction of sp³-hybridized carbons (Fsp3) is 0.333. The van der Waals surface area contributed by atoms with E-state index < -0.39 is 0 Å². The number of fused-ring (bicyclic) bond motifs is 1. The van der Waals surface area contributed by atoms with Crippen LogP contribution in [0.5, 0.6) is 0 Å². The van der Waals surface area contributed by atoms with Crippen molar-refractivity contribution >= 4 is 0 Å². The Bertz CT molecular complexity index is 914. The molecular weight excluding hydrogens is 324 g/mol. The highest BCUT2D eigenvalue weighted by Gasteiger charge is 2.28. The Balaban J connectivity index is 1.57. The minimum atomic E-state index is 0.0409. The highest BCUT2D eigenvalue weighted by Crippen LogP contribution is 2.23. The lowest BCUT2D eigenvalue weighted by molar-refractivity contribution is 0.180. The topological polar surface area (TPSA) is 53.9 Å². The summed E-state index contributed by atoms with van der Waals surface area (Å²) in [6.45, 7) is 4.10. The van der Waals surface area contributed by atoms with Crippen LogP contribution in [-0.4, -0.2) is 32.3 Å². The largest absolute Gasteiger partial charge is 0.296 e. The van der Waals surface area contributed by atoms with Crippen molar-refractivity contribution in [2.75, 3.05) is 6.54 Å². The molecule has 134 valence electrons. The molecule has 1 unspecified atom stereocenters. The first-order valence-electron chi connectivity index (χ1n) is 9.28. The number of aromatic nitrogens is 3. The second-order valence-electron chi connectivity index (χ2n) is 6.84. The molecule has 0 spiro atoms. The molecule has 0 radical (unpaired) electrons. The monoisotopic (exact) mass is 348 g/mol. The molecule has 4 rings (SSSR count). The highest BCUT2D eigenvalue weighted by atomic mass is 16.1. The minimum Gasteiger partial charge on any atom is -0.296 e. The van der Waals surface area contributed by atoms with Crippen LogP contribution >= 0.6 is 0 Å². The van der Waals surface area contributed by atoms with Crippen molar-refractivity contribution in [1.82, 2.24) is 19.7 Å². The number of H-pyrrole nitrogens is 1. The number of aryl methyl sites for hydroxylation is 1. The maximum absolute atomic E-state index is 12.9. The van der Waals surface area contributed by atoms with Gasteiger partial charge < -0.3 is 0 Å². The van der Waals surface area contributed by atoms with Crippen LogP contribution in [0.2, 0.25) is 0 Å². The summed E-state index contributed by atoms with van der Waals surface area (Å²) in [7, 11) is 0. The Labute approximate surface area is 153 Å². The van der Waals surface area contributed by atoms with E-state index in [2.05, 4.69) is 46.2 Å². The van der Waals surface area contributed by atoms with Gasteiger partial charge in [-0.25, -0.2) is 9.67 Å². The summed E-state index contributed by atoms with van der Waals surface area (Å²) in [5, 5.41) is 3.27. The molecule has 0 saturated carbocycles. The molecule has 0 fully saturated rings. The van der Waals surface area contributed by atoms with Gasteiger partial charge in [0.15, 0.2) is 5.82 Å². The molecule has 0 amide bonds. The fourth-order valence-electron chi connectivity index (χ4n) is 3.86. The van der Waals surface area contributed by atoms with Gasteiger partial charge >= 0.3 is 0 Å². The predicted octanol–water partition coefficient (Wildman–Crippen LogP) is 2.94. The van der Waals surface area contributed by atoms with Crippen molar-refractivity contribution in [3.63, 3.8) is 0 Å². The van der Waals surface area contributed by atoms with E-state index in [9.17, 15) is 4.79 Å². The first-order chi connectivity index (χ1) is 12.8. The standard InChI is InChI=1S/C21H24N4O/c1-2-24(15-16-8-4-3-5-9-16)17-11-12-19-18(14-17)21(26)25(23-19)20-10-6-7-13-22-20/h3-10,13,17,23H,2,11-12,14-15H2,1H3. The van der Waals surface area contributed by atoms with E-state index in [4.69, 9.17) is 0 Å². The van der Waals surface area contributed by atoms with Crippen molar-refractivity contribution in [2.24, 2.45) is 0 Å². The molecule has 0 saturated heterocycles. The third-order valence-electron chi connectivity index (χ3n) is 5.27. The molecular formula is C21H24N4O. The van der Waals surface area contributed by atoms with Gasteiger partial charge in [-0.1, -0.05) is 43.3 Å². The highest BCUT2D eigenvalue weighted by molar-refractivity contribution is 5.29. The number of hydrogen-bond acceptors (Lipinski definition) is 3. The second kappa shape index (κ2) is 7.30. The second-order valence-corrected chi connectivity index (χ2v) is 6.84. The predicted molar refractivity (Wildman–Crippen MR) is 103 cm³/mol. The third-order valence-corrected chi connectivity index (χ3v) is 5.27. The zero-order valence-corrected chi connectivity index (χ0v) is 15.1. The van der Waals surface area contributed by atoms with Crippen LogP contribution in [0.25, 0.3) is 5.82 Å². The lowest BCUT2D eigenvalue weighted by Crippen LogP contribution is -2.39. The van der Waals surface area contributed by atoms with Gasteiger partial charge in [0.2, 0.25) is 0 Å². The van der Waals surface area contributed by atoms with Crippen LogP contribution in [0.4, 0.5) is 0 Å². The lowest BCUT2D eigenvalue weighted by Gasteiger charge is -2.33. The molecule has 1 aliphatic rings. The quantitative estimate of drug-likeness (QED) is 0.771. The first kappa shape index (κ1) is 16.8. The Hall–Kier alpha value is -2.66. The average molecular weight is 348 g/mol. The molecule has 2 aromatic heterocycles. The SMILES string of the molecule is CCN(Cc1ccccc1)C1CCc2[nH]n(-c3ccccn3)c(=O)c2C1. The number of aromatic amines is 1. The van der Waals surface area contributed by atoms with E-state index in [1.54, 1.807) is 10.9 Å². The van der Waals surface area contributed by atoms with Gasteiger partial charge in [0.05, 0.1) is 0 Å². The molecule has 0 aliphatic heterocycles. The molecule has 1 aromatic carbocycles. The van der Waals surface area contributed by atoms with Crippen molar-refractivity contribution in [3.8, 4) is 5.82 Å². The van der Waals surface area contributed by atoms with E-state index in [1.807, 2.05) is 24.3 Å². The Kier molecular flexibility index (Phi) is 4.71. The van der Waals surface area contributed by atoms with Gasteiger partial charge in [-0.05, 0) is 43.5 Å². The van der Waals surface area contributed by atoms with E-state index in [0.29, 0.717) is 11.9 Å². The van der Waals surface area contributed by atoms with Crippen LogP contribution in [0, 0.1) is 0 Å². The molecule has 3 aromatic rings. The molecule has 1 N–H and O–H groups in total. The summed E-state index contributed by atoms with van der Waals surface area (Å²) in [5.41, 5.74) is 3.34. The lowest BCUT2D eigenvalue weighted by atomic mass is 9.92. The molecule has 26 heavy (non-hydrogen) atoms. The molecule has 1 aliphatic carbocycles. The summed E-state index contributed by atoms with van der Waals surface area (Å²) >= 11 is 0. The van der Waals surface area contributed by atoms with Crippen LogP contribution in [-0.2, 0) is 19.4 Å².